The molecular formula is C17H17BrN6O3. The summed E-state index contributed by atoms with van der Waals surface area (Å²) in [6.45, 7) is 3.97. The molecule has 0 saturated heterocycles. The van der Waals surface area contributed by atoms with Gasteiger partial charge in [-0.2, -0.15) is 10.2 Å². The molecule has 27 heavy (non-hydrogen) atoms. The molecule has 0 radical (unpaired) electrons. The molecule has 0 fully saturated rings. The summed E-state index contributed by atoms with van der Waals surface area (Å²) in [5.41, 5.74) is 2.41. The predicted molar refractivity (Wildman–Crippen MR) is 102 cm³/mol. The molecule has 2 heterocycles. The first-order chi connectivity index (χ1) is 12.8. The van der Waals surface area contributed by atoms with E-state index < -0.39 is 4.92 Å². The summed E-state index contributed by atoms with van der Waals surface area (Å²) in [6.07, 6.45) is 3.01. The molecule has 3 rings (SSSR count). The van der Waals surface area contributed by atoms with Crippen LogP contribution in [-0.2, 0) is 17.9 Å². The first-order valence-electron chi connectivity index (χ1n) is 8.08. The smallest absolute Gasteiger partial charge is 0.307 e. The van der Waals surface area contributed by atoms with E-state index in [1.54, 1.807) is 10.9 Å². The Hall–Kier alpha value is -3.01. The molecule has 0 bridgehead atoms. The summed E-state index contributed by atoms with van der Waals surface area (Å²) in [5.74, 6) is -0.000765. The van der Waals surface area contributed by atoms with Crippen molar-refractivity contribution in [3.05, 3.63) is 68.1 Å². The Morgan fingerprint density at radius 1 is 1.19 bits per heavy atom. The minimum absolute atomic E-state index is 0.119. The number of rotatable bonds is 6. The first-order valence-corrected chi connectivity index (χ1v) is 8.88. The maximum absolute atomic E-state index is 12.2. The van der Waals surface area contributed by atoms with E-state index in [0.29, 0.717) is 16.8 Å². The van der Waals surface area contributed by atoms with Crippen LogP contribution < -0.4 is 5.32 Å². The molecule has 0 aliphatic heterocycles. The Labute approximate surface area is 163 Å². The molecule has 9 nitrogen and oxygen atoms in total. The van der Waals surface area contributed by atoms with Gasteiger partial charge < -0.3 is 5.32 Å². The lowest BCUT2D eigenvalue weighted by atomic mass is 10.1. The molecule has 1 amide bonds. The number of carbonyl (C=O) groups is 1. The summed E-state index contributed by atoms with van der Waals surface area (Å²) in [6, 6.07) is 8.11. The zero-order chi connectivity index (χ0) is 19.6. The number of nitro groups is 1. The van der Waals surface area contributed by atoms with Crippen LogP contribution in [0.3, 0.4) is 0 Å². The maximum atomic E-state index is 12.2. The number of nitrogens with zero attached hydrogens (tertiary/aromatic N) is 5. The van der Waals surface area contributed by atoms with Crippen molar-refractivity contribution >= 4 is 33.3 Å². The zero-order valence-corrected chi connectivity index (χ0v) is 16.3. The van der Waals surface area contributed by atoms with Gasteiger partial charge in [0.2, 0.25) is 5.91 Å². The van der Waals surface area contributed by atoms with Crippen LogP contribution in [0.1, 0.15) is 16.8 Å². The van der Waals surface area contributed by atoms with Gasteiger partial charge in [0.25, 0.3) is 0 Å². The van der Waals surface area contributed by atoms with Crippen molar-refractivity contribution in [2.24, 2.45) is 0 Å². The van der Waals surface area contributed by atoms with Crippen molar-refractivity contribution in [1.82, 2.24) is 19.6 Å². The fourth-order valence-electron chi connectivity index (χ4n) is 2.53. The van der Waals surface area contributed by atoms with Crippen LogP contribution in [0.2, 0.25) is 0 Å². The van der Waals surface area contributed by atoms with Gasteiger partial charge in [0.1, 0.15) is 18.4 Å². The van der Waals surface area contributed by atoms with E-state index in [4.69, 9.17) is 0 Å². The molecule has 0 aliphatic carbocycles. The number of benzene rings is 1. The molecule has 0 atom stereocenters. The highest BCUT2D eigenvalue weighted by atomic mass is 79.9. The van der Waals surface area contributed by atoms with E-state index in [9.17, 15) is 14.9 Å². The van der Waals surface area contributed by atoms with Crippen molar-refractivity contribution in [1.29, 1.82) is 0 Å². The second kappa shape index (κ2) is 7.70. The molecule has 10 heteroatoms. The fraction of sp³-hybridized carbons (Fsp3) is 0.235. The number of aromatic nitrogens is 4. The number of hydrogen-bond donors (Lipinski definition) is 1. The van der Waals surface area contributed by atoms with E-state index in [2.05, 4.69) is 31.4 Å². The normalized spacial score (nSPS) is 10.8. The molecular weight excluding hydrogens is 416 g/mol. The Morgan fingerprint density at radius 2 is 1.89 bits per heavy atom. The number of amides is 1. The predicted octanol–water partition coefficient (Wildman–Crippen LogP) is 3.05. The van der Waals surface area contributed by atoms with Crippen LogP contribution in [0, 0.1) is 24.0 Å². The van der Waals surface area contributed by atoms with E-state index in [0.717, 1.165) is 5.56 Å². The Bertz CT molecular complexity index is 993. The van der Waals surface area contributed by atoms with Crippen molar-refractivity contribution in [2.45, 2.75) is 26.9 Å². The van der Waals surface area contributed by atoms with Gasteiger partial charge in [-0.1, -0.05) is 29.8 Å². The van der Waals surface area contributed by atoms with Crippen LogP contribution in [0.25, 0.3) is 0 Å². The average molecular weight is 433 g/mol. The third kappa shape index (κ3) is 4.59. The summed E-state index contributed by atoms with van der Waals surface area (Å²) in [7, 11) is 0. The second-order valence-corrected chi connectivity index (χ2v) is 6.97. The highest BCUT2D eigenvalue weighted by Gasteiger charge is 2.17. The van der Waals surface area contributed by atoms with Gasteiger partial charge in [0.15, 0.2) is 5.82 Å². The molecule has 0 saturated carbocycles. The lowest BCUT2D eigenvalue weighted by Crippen LogP contribution is -2.19. The zero-order valence-electron chi connectivity index (χ0n) is 14.7. The molecule has 3 aromatic rings. The van der Waals surface area contributed by atoms with Crippen LogP contribution in [0.4, 0.5) is 11.5 Å². The topological polar surface area (TPSA) is 108 Å². The first kappa shape index (κ1) is 18.8. The number of halogens is 1. The number of hydrogen-bond acceptors (Lipinski definition) is 5. The van der Waals surface area contributed by atoms with Crippen molar-refractivity contribution in [3.8, 4) is 0 Å². The van der Waals surface area contributed by atoms with Gasteiger partial charge in [0, 0.05) is 6.20 Å². The minimum Gasteiger partial charge on any atom is -0.307 e. The van der Waals surface area contributed by atoms with E-state index in [1.807, 2.05) is 31.2 Å². The molecule has 0 aliphatic rings. The number of carbonyl (C=O) groups excluding carboxylic acids is 1. The van der Waals surface area contributed by atoms with Gasteiger partial charge >= 0.3 is 5.69 Å². The fourth-order valence-corrected chi connectivity index (χ4v) is 2.94. The van der Waals surface area contributed by atoms with Gasteiger partial charge in [-0.15, -0.1) is 0 Å². The van der Waals surface area contributed by atoms with Crippen LogP contribution >= 0.6 is 15.9 Å². The summed E-state index contributed by atoms with van der Waals surface area (Å²) >= 11 is 3.38. The Balaban J connectivity index is 1.66. The largest absolute Gasteiger partial charge is 0.309 e. The quantitative estimate of drug-likeness (QED) is 0.475. The van der Waals surface area contributed by atoms with Crippen LogP contribution in [0.5, 0.6) is 0 Å². The Morgan fingerprint density at radius 3 is 2.52 bits per heavy atom. The van der Waals surface area contributed by atoms with Gasteiger partial charge in [-0.05, 0) is 35.3 Å². The molecule has 2 aromatic heterocycles. The number of nitrogens with one attached hydrogen (secondary N) is 1. The second-order valence-electron chi connectivity index (χ2n) is 6.11. The van der Waals surface area contributed by atoms with Gasteiger partial charge in [0.05, 0.1) is 15.9 Å². The standard InChI is InChI=1S/C17H17BrN6O3/c1-11-3-5-13(6-4-11)7-22-8-14(18)17(21-22)19-16(25)10-23-9-15(24(26)27)12(2)20-23/h3-6,8-9H,7,10H2,1-2H3,(H,19,21,25). The van der Waals surface area contributed by atoms with E-state index in [1.165, 1.54) is 23.4 Å². The minimum atomic E-state index is -0.528. The Kier molecular flexibility index (Phi) is 5.36. The van der Waals surface area contributed by atoms with Crippen molar-refractivity contribution in [3.63, 3.8) is 0 Å². The molecule has 0 unspecified atom stereocenters. The van der Waals surface area contributed by atoms with E-state index >= 15 is 0 Å². The van der Waals surface area contributed by atoms with Crippen molar-refractivity contribution < 1.29 is 9.72 Å². The average Bonchev–Trinajstić information content (AvgIpc) is 3.12. The SMILES string of the molecule is Cc1ccc(Cn2cc(Br)c(NC(=O)Cn3cc([N+](=O)[O-])c(C)n3)n2)cc1. The van der Waals surface area contributed by atoms with Crippen LogP contribution in [-0.4, -0.2) is 30.4 Å². The van der Waals surface area contributed by atoms with Crippen LogP contribution in [0.15, 0.2) is 41.1 Å². The number of aryl methyl sites for hydroxylation is 2. The highest BCUT2D eigenvalue weighted by Crippen LogP contribution is 2.21. The lowest BCUT2D eigenvalue weighted by Gasteiger charge is -2.04. The summed E-state index contributed by atoms with van der Waals surface area (Å²) < 4.78 is 3.60. The molecule has 0 spiro atoms. The molecule has 1 aromatic carbocycles. The van der Waals surface area contributed by atoms with Gasteiger partial charge in [-0.3, -0.25) is 24.3 Å². The highest BCUT2D eigenvalue weighted by molar-refractivity contribution is 9.10. The third-order valence-electron chi connectivity index (χ3n) is 3.86. The van der Waals surface area contributed by atoms with Gasteiger partial charge in [-0.25, -0.2) is 0 Å². The summed E-state index contributed by atoms with van der Waals surface area (Å²) in [5, 5.41) is 21.9. The maximum Gasteiger partial charge on any atom is 0.309 e. The molecule has 1 N–H and O–H groups in total. The monoisotopic (exact) mass is 432 g/mol. The lowest BCUT2D eigenvalue weighted by molar-refractivity contribution is -0.385. The van der Waals surface area contributed by atoms with E-state index in [-0.39, 0.29) is 23.8 Å². The number of anilines is 1. The molecule has 140 valence electrons. The summed E-state index contributed by atoms with van der Waals surface area (Å²) in [4.78, 5) is 22.6. The third-order valence-corrected chi connectivity index (χ3v) is 4.44. The van der Waals surface area contributed by atoms with Crippen molar-refractivity contribution in [2.75, 3.05) is 5.32 Å².